The maximum atomic E-state index is 13.6. The van der Waals surface area contributed by atoms with Crippen LogP contribution < -0.4 is 11.3 Å². The summed E-state index contributed by atoms with van der Waals surface area (Å²) in [7, 11) is 0. The van der Waals surface area contributed by atoms with Crippen molar-refractivity contribution in [3.63, 3.8) is 0 Å². The molecule has 1 atom stereocenters. The van der Waals surface area contributed by atoms with Gasteiger partial charge in [0.2, 0.25) is 0 Å². The third-order valence-corrected chi connectivity index (χ3v) is 4.01. The second-order valence-corrected chi connectivity index (χ2v) is 5.31. The largest absolute Gasteiger partial charge is 0.271 e. The molecule has 0 heterocycles. The third-order valence-electron chi connectivity index (χ3n) is 3.61. The normalized spacial score (nSPS) is 12.4. The number of benzene rings is 2. The molecule has 106 valence electrons. The zero-order valence-electron chi connectivity index (χ0n) is 11.6. The Bertz CT molecular complexity index is 593. The van der Waals surface area contributed by atoms with Crippen LogP contribution in [0.2, 0.25) is 5.02 Å². The van der Waals surface area contributed by atoms with Gasteiger partial charge in [-0.25, -0.2) is 4.39 Å². The van der Waals surface area contributed by atoms with Crippen LogP contribution in [0.1, 0.15) is 28.3 Å². The Balaban J connectivity index is 2.37. The number of halogens is 2. The van der Waals surface area contributed by atoms with Crippen molar-refractivity contribution in [2.24, 2.45) is 5.84 Å². The summed E-state index contributed by atoms with van der Waals surface area (Å²) < 4.78 is 13.6. The van der Waals surface area contributed by atoms with Crippen molar-refractivity contribution in [2.75, 3.05) is 0 Å². The molecular formula is C16H18ClFN2. The molecule has 0 aliphatic heterocycles. The van der Waals surface area contributed by atoms with Gasteiger partial charge < -0.3 is 0 Å². The van der Waals surface area contributed by atoms with Gasteiger partial charge in [0.15, 0.2) is 0 Å². The van der Waals surface area contributed by atoms with E-state index in [-0.39, 0.29) is 11.1 Å². The summed E-state index contributed by atoms with van der Waals surface area (Å²) in [5, 5.41) is 0.127. The minimum absolute atomic E-state index is 0.127. The molecule has 20 heavy (non-hydrogen) atoms. The van der Waals surface area contributed by atoms with Crippen molar-refractivity contribution >= 4 is 11.6 Å². The van der Waals surface area contributed by atoms with Gasteiger partial charge in [0, 0.05) is 0 Å². The molecule has 2 nitrogen and oxygen atoms in total. The van der Waals surface area contributed by atoms with Crippen LogP contribution in [-0.4, -0.2) is 0 Å². The molecule has 2 rings (SSSR count). The Morgan fingerprint density at radius 2 is 1.75 bits per heavy atom. The van der Waals surface area contributed by atoms with E-state index < -0.39 is 5.82 Å². The van der Waals surface area contributed by atoms with Crippen LogP contribution in [0, 0.1) is 19.7 Å². The minimum Gasteiger partial charge on any atom is -0.271 e. The fourth-order valence-electron chi connectivity index (χ4n) is 2.42. The molecule has 0 spiro atoms. The van der Waals surface area contributed by atoms with E-state index in [4.69, 9.17) is 17.4 Å². The van der Waals surface area contributed by atoms with E-state index in [0.29, 0.717) is 12.0 Å². The standard InChI is InChI=1S/C16H18ClFN2/c1-10-5-3-6-11(2)13(10)9-15(20-19)12-7-4-8-14(18)16(12)17/h3-8,15,20H,9,19H2,1-2H3. The molecule has 4 heteroatoms. The van der Waals surface area contributed by atoms with E-state index in [2.05, 4.69) is 31.4 Å². The zero-order chi connectivity index (χ0) is 14.7. The van der Waals surface area contributed by atoms with Crippen LogP contribution in [0.15, 0.2) is 36.4 Å². The van der Waals surface area contributed by atoms with Crippen LogP contribution in [0.5, 0.6) is 0 Å². The Labute approximate surface area is 123 Å². The lowest BCUT2D eigenvalue weighted by Gasteiger charge is -2.20. The van der Waals surface area contributed by atoms with E-state index in [9.17, 15) is 4.39 Å². The van der Waals surface area contributed by atoms with E-state index >= 15 is 0 Å². The minimum atomic E-state index is -0.425. The highest BCUT2D eigenvalue weighted by atomic mass is 35.5. The maximum Gasteiger partial charge on any atom is 0.142 e. The summed E-state index contributed by atoms with van der Waals surface area (Å²) in [5.74, 6) is 5.22. The first kappa shape index (κ1) is 15.0. The highest BCUT2D eigenvalue weighted by Crippen LogP contribution is 2.29. The first-order valence-electron chi connectivity index (χ1n) is 6.49. The molecule has 0 aliphatic carbocycles. The first-order valence-corrected chi connectivity index (χ1v) is 6.87. The summed E-state index contributed by atoms with van der Waals surface area (Å²) >= 11 is 6.04. The van der Waals surface area contributed by atoms with E-state index in [1.165, 1.54) is 22.8 Å². The monoisotopic (exact) mass is 292 g/mol. The molecule has 0 aliphatic rings. The van der Waals surface area contributed by atoms with Crippen LogP contribution in [0.4, 0.5) is 4.39 Å². The number of hydrazine groups is 1. The lowest BCUT2D eigenvalue weighted by molar-refractivity contribution is 0.543. The van der Waals surface area contributed by atoms with E-state index in [1.54, 1.807) is 12.1 Å². The topological polar surface area (TPSA) is 38.0 Å². The molecule has 2 aromatic rings. The Kier molecular flexibility index (Phi) is 4.76. The molecule has 1 unspecified atom stereocenters. The van der Waals surface area contributed by atoms with Crippen molar-refractivity contribution in [3.05, 3.63) is 69.5 Å². The molecular weight excluding hydrogens is 275 g/mol. The van der Waals surface area contributed by atoms with Gasteiger partial charge in [0.05, 0.1) is 11.1 Å². The van der Waals surface area contributed by atoms with Gasteiger partial charge >= 0.3 is 0 Å². The average Bonchev–Trinajstić information content (AvgIpc) is 2.42. The SMILES string of the molecule is Cc1cccc(C)c1CC(NN)c1cccc(F)c1Cl. The van der Waals surface area contributed by atoms with Crippen molar-refractivity contribution in [3.8, 4) is 0 Å². The van der Waals surface area contributed by atoms with Crippen LogP contribution in [0.3, 0.4) is 0 Å². The van der Waals surface area contributed by atoms with Crippen molar-refractivity contribution in [2.45, 2.75) is 26.3 Å². The highest BCUT2D eigenvalue weighted by molar-refractivity contribution is 6.31. The van der Waals surface area contributed by atoms with Gasteiger partial charge in [-0.3, -0.25) is 11.3 Å². The van der Waals surface area contributed by atoms with Crippen LogP contribution >= 0.6 is 11.6 Å². The lowest BCUT2D eigenvalue weighted by Crippen LogP contribution is -2.30. The van der Waals surface area contributed by atoms with Gasteiger partial charge in [-0.1, -0.05) is 41.9 Å². The zero-order valence-corrected chi connectivity index (χ0v) is 12.3. The molecule has 3 N–H and O–H groups in total. The molecule has 0 saturated carbocycles. The fourth-order valence-corrected chi connectivity index (χ4v) is 2.68. The predicted octanol–water partition coefficient (Wildman–Crippen LogP) is 3.84. The van der Waals surface area contributed by atoms with Gasteiger partial charge in [-0.2, -0.15) is 0 Å². The van der Waals surface area contributed by atoms with Gasteiger partial charge in [0.25, 0.3) is 0 Å². The number of rotatable bonds is 4. The van der Waals surface area contributed by atoms with Crippen molar-refractivity contribution in [1.29, 1.82) is 0 Å². The van der Waals surface area contributed by atoms with Gasteiger partial charge in [-0.15, -0.1) is 0 Å². The Hall–Kier alpha value is -1.42. The predicted molar refractivity (Wildman–Crippen MR) is 81.1 cm³/mol. The summed E-state index contributed by atoms with van der Waals surface area (Å²) in [4.78, 5) is 0. The summed E-state index contributed by atoms with van der Waals surface area (Å²) in [6.45, 7) is 4.12. The second-order valence-electron chi connectivity index (χ2n) is 4.94. The van der Waals surface area contributed by atoms with E-state index in [1.807, 2.05) is 6.07 Å². The highest BCUT2D eigenvalue weighted by Gasteiger charge is 2.17. The molecule has 0 saturated heterocycles. The molecule has 2 aromatic carbocycles. The maximum absolute atomic E-state index is 13.6. The number of aryl methyl sites for hydroxylation is 2. The van der Waals surface area contributed by atoms with E-state index in [0.717, 1.165) is 0 Å². The lowest BCUT2D eigenvalue weighted by atomic mass is 9.93. The molecule has 0 radical (unpaired) electrons. The Morgan fingerprint density at radius 3 is 2.35 bits per heavy atom. The number of nitrogens with two attached hydrogens (primary N) is 1. The quantitative estimate of drug-likeness (QED) is 0.664. The van der Waals surface area contributed by atoms with Crippen molar-refractivity contribution in [1.82, 2.24) is 5.43 Å². The van der Waals surface area contributed by atoms with Crippen LogP contribution in [-0.2, 0) is 6.42 Å². The first-order chi connectivity index (χ1) is 9.54. The molecule has 0 amide bonds. The number of nitrogens with one attached hydrogen (secondary N) is 1. The van der Waals surface area contributed by atoms with Crippen molar-refractivity contribution < 1.29 is 4.39 Å². The number of hydrogen-bond acceptors (Lipinski definition) is 2. The summed E-state index contributed by atoms with van der Waals surface area (Å²) in [6, 6.07) is 10.7. The smallest absolute Gasteiger partial charge is 0.142 e. The van der Waals surface area contributed by atoms with Gasteiger partial charge in [0.1, 0.15) is 5.82 Å². The number of hydrogen-bond donors (Lipinski definition) is 2. The van der Waals surface area contributed by atoms with Crippen LogP contribution in [0.25, 0.3) is 0 Å². The molecule has 0 fully saturated rings. The van der Waals surface area contributed by atoms with Gasteiger partial charge in [-0.05, 0) is 48.6 Å². The second kappa shape index (κ2) is 6.35. The Morgan fingerprint density at radius 1 is 1.15 bits per heavy atom. The average molecular weight is 293 g/mol. The summed E-state index contributed by atoms with van der Waals surface area (Å²) in [6.07, 6.45) is 0.665. The molecule has 0 aromatic heterocycles. The summed E-state index contributed by atoms with van der Waals surface area (Å²) in [5.41, 5.74) is 7.01. The third kappa shape index (κ3) is 3.01. The molecule has 0 bridgehead atoms. The fraction of sp³-hybridized carbons (Fsp3) is 0.250.